The summed E-state index contributed by atoms with van der Waals surface area (Å²) in [6.07, 6.45) is 0. The van der Waals surface area contributed by atoms with Crippen LogP contribution in [0.5, 0.6) is 0 Å². The zero-order chi connectivity index (χ0) is 9.07. The van der Waals surface area contributed by atoms with E-state index in [1.807, 2.05) is 20.8 Å². The van der Waals surface area contributed by atoms with Crippen LogP contribution in [-0.2, 0) is 4.79 Å². The van der Waals surface area contributed by atoms with Crippen LogP contribution in [0.2, 0.25) is 0 Å². The lowest BCUT2D eigenvalue weighted by atomic mass is 10.1. The monoisotopic (exact) mass is 195 g/mol. The Morgan fingerprint density at radius 1 is 1.58 bits per heavy atom. The number of rotatable bonds is 3. The predicted octanol–water partition coefficient (Wildman–Crippen LogP) is -0.0672. The lowest BCUT2D eigenvalue weighted by Gasteiger charge is -2.24. The van der Waals surface area contributed by atoms with E-state index in [2.05, 4.69) is 17.9 Å². The zero-order valence-corrected chi connectivity index (χ0v) is 8.48. The summed E-state index contributed by atoms with van der Waals surface area (Å²) in [4.78, 5) is 10.5. The summed E-state index contributed by atoms with van der Waals surface area (Å²) in [5.74, 6) is -0.540. The van der Waals surface area contributed by atoms with Crippen LogP contribution in [0.15, 0.2) is 0 Å². The Hall–Kier alpha value is -0.260. The molecule has 4 N–H and O–H groups in total. The van der Waals surface area contributed by atoms with Crippen LogP contribution in [0.1, 0.15) is 20.8 Å². The van der Waals surface area contributed by atoms with Crippen LogP contribution in [0, 0.1) is 0 Å². The smallest absolute Gasteiger partial charge is 0.321 e. The van der Waals surface area contributed by atoms with Crippen LogP contribution in [0.25, 0.3) is 0 Å². The van der Waals surface area contributed by atoms with Gasteiger partial charge >= 0.3 is 5.97 Å². The topological polar surface area (TPSA) is 80.8 Å². The van der Waals surface area contributed by atoms with Gasteiger partial charge in [-0.05, 0) is 20.8 Å². The van der Waals surface area contributed by atoms with Gasteiger partial charge in [0.05, 0.1) is 0 Å². The van der Waals surface area contributed by atoms with Crippen LogP contribution >= 0.6 is 12.6 Å². The Morgan fingerprint density at radius 3 is 2.08 bits per heavy atom. The van der Waals surface area contributed by atoms with Crippen molar-refractivity contribution in [1.82, 2.24) is 5.32 Å². The molecule has 0 saturated carbocycles. The largest absolute Gasteiger partial charge is 0.480 e. The Kier molecular flexibility index (Phi) is 6.42. The van der Waals surface area contributed by atoms with Crippen molar-refractivity contribution in [2.24, 2.45) is 0 Å². The Bertz CT molecular complexity index is 144. The molecule has 0 saturated heterocycles. The van der Waals surface area contributed by atoms with Gasteiger partial charge in [-0.3, -0.25) is 10.1 Å². The van der Waals surface area contributed by atoms with Crippen molar-refractivity contribution in [2.45, 2.75) is 32.4 Å². The average Bonchev–Trinajstić information content (AvgIpc) is 1.80. The van der Waals surface area contributed by atoms with Gasteiger partial charge < -0.3 is 10.6 Å². The standard InChI is InChI=1S/C7H15NO2S.H2O/c1-7(2,3)8-5(4-11)6(9)10;/h5,8,11H,4H2,1-3H3,(H,9,10);1H2/t5-;/m0./s1. The predicted molar refractivity (Wildman–Crippen MR) is 51.8 cm³/mol. The zero-order valence-electron chi connectivity index (χ0n) is 7.59. The number of aliphatic carboxylic acids is 1. The molecule has 0 fully saturated rings. The quantitative estimate of drug-likeness (QED) is 0.551. The summed E-state index contributed by atoms with van der Waals surface area (Å²) in [6.45, 7) is 5.77. The summed E-state index contributed by atoms with van der Waals surface area (Å²) in [6, 6.07) is -0.557. The van der Waals surface area contributed by atoms with E-state index in [0.29, 0.717) is 5.75 Å². The van der Waals surface area contributed by atoms with Crippen molar-refractivity contribution in [3.8, 4) is 0 Å². The van der Waals surface area contributed by atoms with E-state index >= 15 is 0 Å². The first-order valence-electron chi connectivity index (χ1n) is 3.48. The molecule has 0 aliphatic heterocycles. The maximum Gasteiger partial charge on any atom is 0.321 e. The van der Waals surface area contributed by atoms with Crippen LogP contribution in [0.4, 0.5) is 0 Å². The summed E-state index contributed by atoms with van der Waals surface area (Å²) >= 11 is 3.92. The molecule has 0 aromatic heterocycles. The summed E-state index contributed by atoms with van der Waals surface area (Å²) in [5, 5.41) is 11.6. The number of hydrogen-bond donors (Lipinski definition) is 3. The molecule has 12 heavy (non-hydrogen) atoms. The second-order valence-electron chi connectivity index (χ2n) is 3.47. The van der Waals surface area contributed by atoms with Crippen molar-refractivity contribution in [2.75, 3.05) is 5.75 Å². The highest BCUT2D eigenvalue weighted by Crippen LogP contribution is 2.02. The van der Waals surface area contributed by atoms with E-state index in [0.717, 1.165) is 0 Å². The number of carboxylic acid groups (broad SMARTS) is 1. The number of hydrogen-bond acceptors (Lipinski definition) is 3. The number of carboxylic acids is 1. The van der Waals surface area contributed by atoms with Crippen molar-refractivity contribution in [3.05, 3.63) is 0 Å². The highest BCUT2D eigenvalue weighted by Gasteiger charge is 2.21. The molecule has 1 atom stereocenters. The molecule has 0 unspecified atom stereocenters. The van der Waals surface area contributed by atoms with Crippen LogP contribution in [0.3, 0.4) is 0 Å². The number of thiol groups is 1. The third-order valence-corrected chi connectivity index (χ3v) is 1.45. The molecule has 0 radical (unpaired) electrons. The molecule has 0 rings (SSSR count). The Balaban J connectivity index is 0. The lowest BCUT2D eigenvalue weighted by Crippen LogP contribution is -2.48. The fourth-order valence-electron chi connectivity index (χ4n) is 0.708. The number of carbonyl (C=O) groups is 1. The molecular weight excluding hydrogens is 178 g/mol. The molecule has 0 aliphatic rings. The van der Waals surface area contributed by atoms with E-state index < -0.39 is 12.0 Å². The van der Waals surface area contributed by atoms with E-state index in [4.69, 9.17) is 5.11 Å². The average molecular weight is 195 g/mol. The third kappa shape index (κ3) is 6.45. The van der Waals surface area contributed by atoms with Gasteiger partial charge in [-0.25, -0.2) is 0 Å². The van der Waals surface area contributed by atoms with Crippen molar-refractivity contribution in [1.29, 1.82) is 0 Å². The minimum Gasteiger partial charge on any atom is -0.480 e. The van der Waals surface area contributed by atoms with Gasteiger partial charge in [0, 0.05) is 11.3 Å². The minimum atomic E-state index is -0.852. The normalized spacial score (nSPS) is 13.3. The molecule has 0 bridgehead atoms. The van der Waals surface area contributed by atoms with Crippen molar-refractivity contribution >= 4 is 18.6 Å². The van der Waals surface area contributed by atoms with Gasteiger partial charge in [0.1, 0.15) is 6.04 Å². The van der Waals surface area contributed by atoms with Crippen LogP contribution < -0.4 is 5.32 Å². The first-order valence-corrected chi connectivity index (χ1v) is 4.11. The molecule has 0 aromatic rings. The summed E-state index contributed by atoms with van der Waals surface area (Å²) in [5.41, 5.74) is -0.175. The van der Waals surface area contributed by atoms with Gasteiger partial charge in [0.15, 0.2) is 0 Å². The number of nitrogens with one attached hydrogen (secondary N) is 1. The van der Waals surface area contributed by atoms with Gasteiger partial charge in [0.25, 0.3) is 0 Å². The van der Waals surface area contributed by atoms with Gasteiger partial charge in [-0.1, -0.05) is 0 Å². The summed E-state index contributed by atoms with van der Waals surface area (Å²) < 4.78 is 0. The Labute approximate surface area is 78.1 Å². The van der Waals surface area contributed by atoms with Crippen molar-refractivity contribution in [3.63, 3.8) is 0 Å². The van der Waals surface area contributed by atoms with Crippen LogP contribution in [-0.4, -0.2) is 33.9 Å². The first kappa shape index (κ1) is 14.3. The Morgan fingerprint density at radius 2 is 2.00 bits per heavy atom. The highest BCUT2D eigenvalue weighted by molar-refractivity contribution is 7.80. The molecule has 74 valence electrons. The molecule has 5 heteroatoms. The fraction of sp³-hybridized carbons (Fsp3) is 0.857. The summed E-state index contributed by atoms with van der Waals surface area (Å²) in [7, 11) is 0. The van der Waals surface area contributed by atoms with Crippen molar-refractivity contribution < 1.29 is 15.4 Å². The molecular formula is C7H17NO3S. The first-order chi connectivity index (χ1) is 4.87. The van der Waals surface area contributed by atoms with E-state index in [1.54, 1.807) is 0 Å². The molecule has 0 aromatic carbocycles. The SMILES string of the molecule is CC(C)(C)N[C@@H](CS)C(=O)O.O. The maximum atomic E-state index is 10.5. The van der Waals surface area contributed by atoms with E-state index in [9.17, 15) is 4.79 Å². The van der Waals surface area contributed by atoms with E-state index in [1.165, 1.54) is 0 Å². The lowest BCUT2D eigenvalue weighted by molar-refractivity contribution is -0.139. The molecule has 0 spiro atoms. The molecule has 0 heterocycles. The van der Waals surface area contributed by atoms with Gasteiger partial charge in [0.2, 0.25) is 0 Å². The highest BCUT2D eigenvalue weighted by atomic mass is 32.1. The van der Waals surface area contributed by atoms with Gasteiger partial charge in [-0.15, -0.1) is 0 Å². The second kappa shape index (κ2) is 5.40. The fourth-order valence-corrected chi connectivity index (χ4v) is 0.956. The molecule has 0 aliphatic carbocycles. The van der Waals surface area contributed by atoms with E-state index in [-0.39, 0.29) is 11.0 Å². The second-order valence-corrected chi connectivity index (χ2v) is 3.83. The molecule has 4 nitrogen and oxygen atoms in total. The maximum absolute atomic E-state index is 10.5. The third-order valence-electron chi connectivity index (χ3n) is 1.09. The molecule has 0 amide bonds. The van der Waals surface area contributed by atoms with Gasteiger partial charge in [-0.2, -0.15) is 12.6 Å². The minimum absolute atomic E-state index is 0.